The molecule has 1 atom stereocenters. The van der Waals surface area contributed by atoms with E-state index in [2.05, 4.69) is 38.0 Å². The Labute approximate surface area is 120 Å². The highest BCUT2D eigenvalue weighted by atomic mass is 15.3. The van der Waals surface area contributed by atoms with Crippen molar-refractivity contribution in [1.82, 2.24) is 10.3 Å². The number of nitrogens with two attached hydrogens (primary N) is 1. The van der Waals surface area contributed by atoms with Gasteiger partial charge in [0.05, 0.1) is 0 Å². The van der Waals surface area contributed by atoms with Gasteiger partial charge in [-0.05, 0) is 44.7 Å². The lowest BCUT2D eigenvalue weighted by Crippen LogP contribution is -2.65. The first-order chi connectivity index (χ1) is 9.19. The molecule has 19 heavy (non-hydrogen) atoms. The molecule has 3 N–H and O–H groups in total. The molecule has 0 bridgehead atoms. The second-order valence-electron chi connectivity index (χ2n) is 6.03. The van der Waals surface area contributed by atoms with E-state index >= 15 is 0 Å². The highest BCUT2D eigenvalue weighted by Crippen LogP contribution is 2.37. The first-order valence-corrected chi connectivity index (χ1v) is 8.41. The summed E-state index contributed by atoms with van der Waals surface area (Å²) >= 11 is 0. The van der Waals surface area contributed by atoms with Gasteiger partial charge in [0, 0.05) is 11.6 Å². The van der Waals surface area contributed by atoms with Gasteiger partial charge in [-0.2, -0.15) is 0 Å². The third-order valence-corrected chi connectivity index (χ3v) is 5.50. The number of rotatable bonds is 8. The predicted molar refractivity (Wildman–Crippen MR) is 83.9 cm³/mol. The maximum absolute atomic E-state index is 6.01. The van der Waals surface area contributed by atoms with Gasteiger partial charge in [-0.15, -0.1) is 0 Å². The van der Waals surface area contributed by atoms with Crippen molar-refractivity contribution < 1.29 is 0 Å². The van der Waals surface area contributed by atoms with Crippen molar-refractivity contribution in [3.8, 4) is 0 Å². The van der Waals surface area contributed by atoms with E-state index in [4.69, 9.17) is 5.84 Å². The molecule has 1 rings (SSSR count). The van der Waals surface area contributed by atoms with Crippen molar-refractivity contribution in [3.05, 3.63) is 0 Å². The number of nitrogens with one attached hydrogen (secondary N) is 1. The lowest BCUT2D eigenvalue weighted by Gasteiger charge is -2.51. The molecule has 0 spiro atoms. The standard InChI is InChI=1S/C16H35N3/c1-5-16(6-2,19(7-3)8-4)15(18-17)14-12-10-9-11-13-14/h14-15,18H,5-13,17H2,1-4H3. The van der Waals surface area contributed by atoms with Gasteiger partial charge < -0.3 is 0 Å². The maximum Gasteiger partial charge on any atom is 0.0422 e. The second-order valence-corrected chi connectivity index (χ2v) is 6.03. The van der Waals surface area contributed by atoms with Crippen molar-refractivity contribution in [2.24, 2.45) is 11.8 Å². The van der Waals surface area contributed by atoms with Gasteiger partial charge in [0.2, 0.25) is 0 Å². The fourth-order valence-corrected chi connectivity index (χ4v) is 4.38. The van der Waals surface area contributed by atoms with Crippen LogP contribution in [0.1, 0.15) is 72.6 Å². The van der Waals surface area contributed by atoms with Crippen LogP contribution in [0.3, 0.4) is 0 Å². The monoisotopic (exact) mass is 269 g/mol. The molecule has 0 aliphatic heterocycles. The van der Waals surface area contributed by atoms with Gasteiger partial charge in [0.1, 0.15) is 0 Å². The maximum atomic E-state index is 6.01. The summed E-state index contributed by atoms with van der Waals surface area (Å²) in [5.41, 5.74) is 3.44. The van der Waals surface area contributed by atoms with Gasteiger partial charge in [-0.25, -0.2) is 0 Å². The molecule has 0 aromatic rings. The molecule has 0 radical (unpaired) electrons. The Kier molecular flexibility index (Phi) is 7.33. The summed E-state index contributed by atoms with van der Waals surface area (Å²) in [6, 6.07) is 0.433. The zero-order valence-corrected chi connectivity index (χ0v) is 13.5. The summed E-state index contributed by atoms with van der Waals surface area (Å²) in [7, 11) is 0. The molecule has 1 aliphatic rings. The Balaban J connectivity index is 2.97. The second kappa shape index (κ2) is 8.23. The first-order valence-electron chi connectivity index (χ1n) is 8.41. The van der Waals surface area contributed by atoms with Crippen molar-refractivity contribution in [1.29, 1.82) is 0 Å². The Bertz CT molecular complexity index is 228. The SMILES string of the molecule is CCN(CC)C(CC)(CC)C(NN)C1CCCCC1. The van der Waals surface area contributed by atoms with E-state index in [-0.39, 0.29) is 5.54 Å². The third-order valence-electron chi connectivity index (χ3n) is 5.50. The highest BCUT2D eigenvalue weighted by Gasteiger charge is 2.43. The lowest BCUT2D eigenvalue weighted by molar-refractivity contribution is 0.0185. The Morgan fingerprint density at radius 2 is 1.58 bits per heavy atom. The molecule has 1 aliphatic carbocycles. The van der Waals surface area contributed by atoms with E-state index < -0.39 is 0 Å². The topological polar surface area (TPSA) is 41.3 Å². The summed E-state index contributed by atoms with van der Waals surface area (Å²) in [5.74, 6) is 6.76. The minimum Gasteiger partial charge on any atom is -0.297 e. The third kappa shape index (κ3) is 3.50. The lowest BCUT2D eigenvalue weighted by atomic mass is 9.71. The molecular formula is C16H35N3. The van der Waals surface area contributed by atoms with E-state index in [9.17, 15) is 0 Å². The molecule has 0 saturated heterocycles. The van der Waals surface area contributed by atoms with Crippen LogP contribution in [0.4, 0.5) is 0 Å². The molecule has 0 heterocycles. The van der Waals surface area contributed by atoms with Crippen LogP contribution in [0, 0.1) is 5.92 Å². The van der Waals surface area contributed by atoms with E-state index in [0.29, 0.717) is 6.04 Å². The average Bonchev–Trinajstić information content (AvgIpc) is 2.48. The first kappa shape index (κ1) is 16.9. The largest absolute Gasteiger partial charge is 0.297 e. The Hall–Kier alpha value is -0.120. The van der Waals surface area contributed by atoms with Gasteiger partial charge >= 0.3 is 0 Å². The molecule has 0 amide bonds. The molecule has 0 aromatic carbocycles. The molecule has 0 aromatic heterocycles. The quantitative estimate of drug-likeness (QED) is 0.525. The molecule has 1 unspecified atom stereocenters. The molecular weight excluding hydrogens is 234 g/mol. The van der Waals surface area contributed by atoms with Gasteiger partial charge in [-0.3, -0.25) is 16.2 Å². The van der Waals surface area contributed by atoms with Crippen LogP contribution < -0.4 is 11.3 Å². The molecule has 1 fully saturated rings. The number of hydrogen-bond donors (Lipinski definition) is 2. The van der Waals surface area contributed by atoms with Gasteiger partial charge in [-0.1, -0.05) is 47.0 Å². The number of hydrogen-bond acceptors (Lipinski definition) is 3. The van der Waals surface area contributed by atoms with E-state index in [1.54, 1.807) is 0 Å². The molecule has 114 valence electrons. The van der Waals surface area contributed by atoms with Gasteiger partial charge in [0.25, 0.3) is 0 Å². The predicted octanol–water partition coefficient (Wildman–Crippen LogP) is 3.30. The number of nitrogens with zero attached hydrogens (tertiary/aromatic N) is 1. The van der Waals surface area contributed by atoms with Crippen molar-refractivity contribution in [2.75, 3.05) is 13.1 Å². The fraction of sp³-hybridized carbons (Fsp3) is 1.00. The van der Waals surface area contributed by atoms with Crippen molar-refractivity contribution in [3.63, 3.8) is 0 Å². The summed E-state index contributed by atoms with van der Waals surface area (Å²) in [6.45, 7) is 11.4. The van der Waals surface area contributed by atoms with E-state index in [0.717, 1.165) is 19.0 Å². The van der Waals surface area contributed by atoms with Crippen LogP contribution in [0.25, 0.3) is 0 Å². The van der Waals surface area contributed by atoms with Crippen LogP contribution in [0.2, 0.25) is 0 Å². The number of likely N-dealkylation sites (N-methyl/N-ethyl adjacent to an activating group) is 1. The molecule has 3 heteroatoms. The van der Waals surface area contributed by atoms with Crippen LogP contribution in [-0.2, 0) is 0 Å². The van der Waals surface area contributed by atoms with Crippen LogP contribution in [-0.4, -0.2) is 29.6 Å². The smallest absolute Gasteiger partial charge is 0.0422 e. The molecule has 3 nitrogen and oxygen atoms in total. The minimum absolute atomic E-state index is 0.222. The average molecular weight is 269 g/mol. The zero-order chi connectivity index (χ0) is 14.3. The summed E-state index contributed by atoms with van der Waals surface area (Å²) in [5, 5.41) is 0. The highest BCUT2D eigenvalue weighted by molar-refractivity contribution is 5.01. The minimum atomic E-state index is 0.222. The van der Waals surface area contributed by atoms with E-state index in [1.165, 1.54) is 44.9 Å². The fourth-order valence-electron chi connectivity index (χ4n) is 4.38. The summed E-state index contributed by atoms with van der Waals surface area (Å²) in [6.07, 6.45) is 9.21. The van der Waals surface area contributed by atoms with Crippen molar-refractivity contribution in [2.45, 2.75) is 84.2 Å². The van der Waals surface area contributed by atoms with Crippen LogP contribution in [0.15, 0.2) is 0 Å². The van der Waals surface area contributed by atoms with Crippen molar-refractivity contribution >= 4 is 0 Å². The van der Waals surface area contributed by atoms with Gasteiger partial charge in [0.15, 0.2) is 0 Å². The summed E-state index contributed by atoms with van der Waals surface area (Å²) in [4.78, 5) is 2.63. The Morgan fingerprint density at radius 3 is 1.95 bits per heavy atom. The normalized spacial score (nSPS) is 19.9. The Morgan fingerprint density at radius 1 is 1.05 bits per heavy atom. The number of hydrazine groups is 1. The van der Waals surface area contributed by atoms with Crippen LogP contribution in [0.5, 0.6) is 0 Å². The zero-order valence-electron chi connectivity index (χ0n) is 13.5. The van der Waals surface area contributed by atoms with Crippen LogP contribution >= 0.6 is 0 Å². The van der Waals surface area contributed by atoms with E-state index in [1.807, 2.05) is 0 Å². The molecule has 1 saturated carbocycles. The summed E-state index contributed by atoms with van der Waals surface area (Å²) < 4.78 is 0.